The van der Waals surface area contributed by atoms with Crippen molar-refractivity contribution in [3.8, 4) is 0 Å². The molecule has 0 bridgehead atoms. The molecule has 1 aromatic rings. The van der Waals surface area contributed by atoms with Gasteiger partial charge in [0.2, 0.25) is 0 Å². The Labute approximate surface area is 140 Å². The molecule has 0 radical (unpaired) electrons. The Kier molecular flexibility index (Phi) is 5.42. The lowest BCUT2D eigenvalue weighted by Crippen LogP contribution is -3.15. The summed E-state index contributed by atoms with van der Waals surface area (Å²) in [6.45, 7) is 3.73. The number of benzene rings is 1. The molecular weight excluding hydrogens is 313 g/mol. The van der Waals surface area contributed by atoms with Gasteiger partial charge in [0.1, 0.15) is 11.9 Å². The molecule has 2 amide bonds. The summed E-state index contributed by atoms with van der Waals surface area (Å²) in [5.41, 5.74) is 0.464. The molecule has 1 aromatic carbocycles. The maximum atomic E-state index is 13.1. The van der Waals surface area contributed by atoms with Crippen LogP contribution in [0.2, 0.25) is 0 Å². The first-order valence-electron chi connectivity index (χ1n) is 8.41. The molecule has 0 aromatic heterocycles. The van der Waals surface area contributed by atoms with E-state index in [9.17, 15) is 14.0 Å². The van der Waals surface area contributed by atoms with Crippen LogP contribution in [-0.4, -0.2) is 62.1 Å². The number of ether oxygens (including phenoxy) is 1. The summed E-state index contributed by atoms with van der Waals surface area (Å²) in [5.74, 6) is -0.438. The largest absolute Gasteiger partial charge is 0.368 e. The smallest absolute Gasteiger partial charge is 0.279 e. The Hall–Kier alpha value is -1.99. The number of rotatable bonds is 4. The third kappa shape index (κ3) is 4.30. The highest BCUT2D eigenvalue weighted by molar-refractivity contribution is 5.91. The fourth-order valence-corrected chi connectivity index (χ4v) is 3.19. The number of nitrogens with zero attached hydrogens (tertiary/aromatic N) is 1. The Bertz CT molecular complexity index is 596. The monoisotopic (exact) mass is 336 g/mol. The molecule has 0 aliphatic carbocycles. The number of anilines is 1. The highest BCUT2D eigenvalue weighted by Gasteiger charge is 2.31. The maximum absolute atomic E-state index is 13.1. The highest BCUT2D eigenvalue weighted by atomic mass is 19.1. The Balaban J connectivity index is 1.43. The molecule has 2 N–H and O–H groups in total. The van der Waals surface area contributed by atoms with Crippen LogP contribution in [0.5, 0.6) is 0 Å². The van der Waals surface area contributed by atoms with Crippen molar-refractivity contribution in [1.29, 1.82) is 0 Å². The average Bonchev–Trinajstić information content (AvgIpc) is 3.09. The standard InChI is InChI=1S/C17H22FN3O3/c18-13-3-1-4-14(11-13)19-16(22)12-20-6-8-21(9-7-20)17(23)15-5-2-10-24-15/h1,3-4,11,15H,2,5-10,12H2,(H,19,22)/p+1/t15-/m0/s1. The van der Waals surface area contributed by atoms with Crippen molar-refractivity contribution in [2.75, 3.05) is 44.6 Å². The second kappa shape index (κ2) is 7.72. The zero-order chi connectivity index (χ0) is 16.9. The van der Waals surface area contributed by atoms with Gasteiger partial charge in [-0.15, -0.1) is 0 Å². The van der Waals surface area contributed by atoms with Gasteiger partial charge in [0.15, 0.2) is 6.54 Å². The van der Waals surface area contributed by atoms with Crippen molar-refractivity contribution in [1.82, 2.24) is 4.90 Å². The van der Waals surface area contributed by atoms with Gasteiger partial charge in [-0.1, -0.05) is 6.07 Å². The number of quaternary nitrogens is 1. The van der Waals surface area contributed by atoms with E-state index in [0.29, 0.717) is 31.9 Å². The average molecular weight is 336 g/mol. The summed E-state index contributed by atoms with van der Waals surface area (Å²) in [4.78, 5) is 27.3. The first kappa shape index (κ1) is 16.9. The fraction of sp³-hybridized carbons (Fsp3) is 0.529. The lowest BCUT2D eigenvalue weighted by atomic mass is 10.2. The Morgan fingerprint density at radius 3 is 2.79 bits per heavy atom. The van der Waals surface area contributed by atoms with Crippen LogP contribution in [0.4, 0.5) is 10.1 Å². The predicted octanol–water partition coefficient (Wildman–Crippen LogP) is -0.330. The van der Waals surface area contributed by atoms with Gasteiger partial charge < -0.3 is 19.9 Å². The van der Waals surface area contributed by atoms with Crippen molar-refractivity contribution in [2.45, 2.75) is 18.9 Å². The van der Waals surface area contributed by atoms with Crippen molar-refractivity contribution in [3.05, 3.63) is 30.1 Å². The van der Waals surface area contributed by atoms with Gasteiger partial charge >= 0.3 is 0 Å². The van der Waals surface area contributed by atoms with E-state index in [2.05, 4.69) is 5.32 Å². The lowest BCUT2D eigenvalue weighted by molar-refractivity contribution is -0.895. The number of hydrogen-bond donors (Lipinski definition) is 2. The van der Waals surface area contributed by atoms with Crippen molar-refractivity contribution in [3.63, 3.8) is 0 Å². The summed E-state index contributed by atoms with van der Waals surface area (Å²) in [6.07, 6.45) is 1.48. The summed E-state index contributed by atoms with van der Waals surface area (Å²) in [7, 11) is 0. The highest BCUT2D eigenvalue weighted by Crippen LogP contribution is 2.14. The van der Waals surface area contributed by atoms with E-state index in [-0.39, 0.29) is 23.7 Å². The van der Waals surface area contributed by atoms with Crippen molar-refractivity contribution in [2.24, 2.45) is 0 Å². The molecule has 7 heteroatoms. The normalized spacial score (nSPS) is 21.7. The molecule has 2 heterocycles. The molecule has 0 saturated carbocycles. The molecular formula is C17H23FN3O3+. The minimum atomic E-state index is -0.374. The van der Waals surface area contributed by atoms with Crippen LogP contribution in [-0.2, 0) is 14.3 Å². The Morgan fingerprint density at radius 2 is 2.12 bits per heavy atom. The summed E-state index contributed by atoms with van der Waals surface area (Å²) in [5, 5.41) is 2.71. The van der Waals surface area contributed by atoms with E-state index in [1.165, 1.54) is 12.1 Å². The van der Waals surface area contributed by atoms with E-state index < -0.39 is 0 Å². The van der Waals surface area contributed by atoms with Crippen molar-refractivity contribution >= 4 is 17.5 Å². The molecule has 1 atom stereocenters. The number of carbonyl (C=O) groups is 2. The van der Waals surface area contributed by atoms with E-state index in [1.54, 1.807) is 12.1 Å². The van der Waals surface area contributed by atoms with Gasteiger partial charge in [-0.3, -0.25) is 9.59 Å². The topological polar surface area (TPSA) is 63.1 Å². The number of amides is 2. The number of piperazine rings is 1. The molecule has 2 saturated heterocycles. The third-order valence-corrected chi connectivity index (χ3v) is 4.51. The molecule has 0 unspecified atom stereocenters. The van der Waals surface area contributed by atoms with Gasteiger partial charge in [0.05, 0.1) is 26.2 Å². The number of halogens is 1. The lowest BCUT2D eigenvalue weighted by Gasteiger charge is -2.33. The quantitative estimate of drug-likeness (QED) is 0.792. The number of nitrogens with one attached hydrogen (secondary N) is 2. The van der Waals surface area contributed by atoms with Gasteiger partial charge in [-0.25, -0.2) is 4.39 Å². The summed E-state index contributed by atoms with van der Waals surface area (Å²) >= 11 is 0. The second-order valence-corrected chi connectivity index (χ2v) is 6.31. The predicted molar refractivity (Wildman–Crippen MR) is 86.1 cm³/mol. The van der Waals surface area contributed by atoms with Crippen LogP contribution < -0.4 is 10.2 Å². The van der Waals surface area contributed by atoms with Gasteiger partial charge in [0.25, 0.3) is 11.8 Å². The van der Waals surface area contributed by atoms with Crippen molar-refractivity contribution < 1.29 is 23.6 Å². The van der Waals surface area contributed by atoms with Crippen LogP contribution in [0.1, 0.15) is 12.8 Å². The minimum Gasteiger partial charge on any atom is -0.368 e. The van der Waals surface area contributed by atoms with Gasteiger partial charge in [0, 0.05) is 12.3 Å². The summed E-state index contributed by atoms with van der Waals surface area (Å²) in [6, 6.07) is 5.86. The maximum Gasteiger partial charge on any atom is 0.279 e. The first-order chi connectivity index (χ1) is 11.6. The SMILES string of the molecule is O=C(C[NH+]1CCN(C(=O)[C@@H]2CCCO2)CC1)Nc1cccc(F)c1. The van der Waals surface area contributed by atoms with Crippen LogP contribution >= 0.6 is 0 Å². The molecule has 2 aliphatic rings. The van der Waals surface area contributed by atoms with E-state index >= 15 is 0 Å². The third-order valence-electron chi connectivity index (χ3n) is 4.51. The van der Waals surface area contributed by atoms with Gasteiger partial charge in [-0.05, 0) is 31.0 Å². The molecule has 130 valence electrons. The first-order valence-corrected chi connectivity index (χ1v) is 8.41. The number of carbonyl (C=O) groups excluding carboxylic acids is 2. The van der Waals surface area contributed by atoms with Gasteiger partial charge in [-0.2, -0.15) is 0 Å². The molecule has 0 spiro atoms. The molecule has 2 aliphatic heterocycles. The molecule has 2 fully saturated rings. The van der Waals surface area contributed by atoms with Crippen LogP contribution in [0.15, 0.2) is 24.3 Å². The van der Waals surface area contributed by atoms with E-state index in [4.69, 9.17) is 4.74 Å². The Morgan fingerprint density at radius 1 is 1.33 bits per heavy atom. The van der Waals surface area contributed by atoms with Crippen LogP contribution in [0.25, 0.3) is 0 Å². The molecule has 3 rings (SSSR count). The zero-order valence-corrected chi connectivity index (χ0v) is 13.6. The molecule has 24 heavy (non-hydrogen) atoms. The molecule has 6 nitrogen and oxygen atoms in total. The summed E-state index contributed by atoms with van der Waals surface area (Å²) < 4.78 is 18.6. The fourth-order valence-electron chi connectivity index (χ4n) is 3.19. The zero-order valence-electron chi connectivity index (χ0n) is 13.6. The van der Waals surface area contributed by atoms with E-state index in [1.807, 2.05) is 4.90 Å². The number of hydrogen-bond acceptors (Lipinski definition) is 3. The van der Waals surface area contributed by atoms with E-state index in [0.717, 1.165) is 30.8 Å². The second-order valence-electron chi connectivity index (χ2n) is 6.31. The van der Waals surface area contributed by atoms with Crippen LogP contribution in [0, 0.1) is 5.82 Å². The van der Waals surface area contributed by atoms with Crippen LogP contribution in [0.3, 0.4) is 0 Å². The minimum absolute atomic E-state index is 0.0794.